The first-order valence-corrected chi connectivity index (χ1v) is 7.43. The van der Waals surface area contributed by atoms with Gasteiger partial charge in [-0.25, -0.2) is 0 Å². The van der Waals surface area contributed by atoms with E-state index in [4.69, 9.17) is 9.47 Å². The Morgan fingerprint density at radius 1 is 1.26 bits per heavy atom. The topological polar surface area (TPSA) is 38.8 Å². The number of ether oxygens (including phenoxy) is 2. The smallest absolute Gasteiger partial charge is 0.255 e. The second-order valence-electron chi connectivity index (χ2n) is 4.81. The minimum Gasteiger partial charge on any atom is -0.493 e. The van der Waals surface area contributed by atoms with Crippen molar-refractivity contribution in [2.75, 3.05) is 26.5 Å². The summed E-state index contributed by atoms with van der Waals surface area (Å²) in [5.41, 5.74) is 0.743. The van der Waals surface area contributed by atoms with Gasteiger partial charge in [0.05, 0.1) is 19.8 Å². The van der Waals surface area contributed by atoms with Crippen LogP contribution in [-0.4, -0.2) is 43.4 Å². The molecule has 0 spiro atoms. The van der Waals surface area contributed by atoms with Crippen molar-refractivity contribution in [2.45, 2.75) is 23.8 Å². The zero-order valence-corrected chi connectivity index (χ0v) is 12.0. The van der Waals surface area contributed by atoms with Crippen LogP contribution in [0.25, 0.3) is 0 Å². The van der Waals surface area contributed by atoms with Crippen molar-refractivity contribution in [3.63, 3.8) is 0 Å². The van der Waals surface area contributed by atoms with Gasteiger partial charge < -0.3 is 14.4 Å². The Morgan fingerprint density at radius 2 is 2.00 bits per heavy atom. The number of rotatable bonds is 2. The van der Waals surface area contributed by atoms with Gasteiger partial charge in [-0.3, -0.25) is 4.79 Å². The Bertz CT molecular complexity index is 518. The molecule has 2 heterocycles. The molecule has 1 aromatic rings. The van der Waals surface area contributed by atoms with Gasteiger partial charge in [-0.2, -0.15) is 0 Å². The molecule has 4 nitrogen and oxygen atoms in total. The Kier molecular flexibility index (Phi) is 3.31. The second kappa shape index (κ2) is 4.96. The number of thioether (sulfide) groups is 1. The number of amides is 1. The largest absolute Gasteiger partial charge is 0.493 e. The Morgan fingerprint density at radius 3 is 2.74 bits per heavy atom. The fraction of sp³-hybridized carbons (Fsp3) is 0.500. The lowest BCUT2D eigenvalue weighted by molar-refractivity contribution is 0.0749. The van der Waals surface area contributed by atoms with Gasteiger partial charge in [0.15, 0.2) is 11.5 Å². The van der Waals surface area contributed by atoms with Gasteiger partial charge in [0.2, 0.25) is 0 Å². The standard InChI is InChI=1S/C14H17NO3S/c1-17-11-6-10-13(7-12(11)18-2)19-8-9-4-3-5-15(9)14(10)16/h6-7,9H,3-5,8H2,1-2H3/t9-/m0/s1. The van der Waals surface area contributed by atoms with Crippen LogP contribution >= 0.6 is 11.8 Å². The van der Waals surface area contributed by atoms with Crippen LogP contribution in [0.4, 0.5) is 0 Å². The quantitative estimate of drug-likeness (QED) is 0.833. The predicted octanol–water partition coefficient (Wildman–Crippen LogP) is 2.41. The van der Waals surface area contributed by atoms with Crippen LogP contribution in [-0.2, 0) is 0 Å². The summed E-state index contributed by atoms with van der Waals surface area (Å²) in [5.74, 6) is 2.40. The van der Waals surface area contributed by atoms with E-state index in [2.05, 4.69) is 0 Å². The number of nitrogens with zero attached hydrogens (tertiary/aromatic N) is 1. The lowest BCUT2D eigenvalue weighted by atomic mass is 10.1. The van der Waals surface area contributed by atoms with E-state index >= 15 is 0 Å². The number of carbonyl (C=O) groups excluding carboxylic acids is 1. The van der Waals surface area contributed by atoms with Crippen molar-refractivity contribution in [3.8, 4) is 11.5 Å². The fourth-order valence-electron chi connectivity index (χ4n) is 2.76. The van der Waals surface area contributed by atoms with E-state index < -0.39 is 0 Å². The average Bonchev–Trinajstić information content (AvgIpc) is 2.87. The van der Waals surface area contributed by atoms with Gasteiger partial charge in [-0.05, 0) is 25.0 Å². The Hall–Kier alpha value is -1.36. The van der Waals surface area contributed by atoms with Gasteiger partial charge in [0.1, 0.15) is 0 Å². The molecule has 1 saturated heterocycles. The first kappa shape index (κ1) is 12.7. The first-order valence-electron chi connectivity index (χ1n) is 6.44. The highest BCUT2D eigenvalue weighted by atomic mass is 32.2. The van der Waals surface area contributed by atoms with Gasteiger partial charge in [0.25, 0.3) is 5.91 Å². The molecule has 3 rings (SSSR count). The summed E-state index contributed by atoms with van der Waals surface area (Å²) in [6.45, 7) is 0.873. The van der Waals surface area contributed by atoms with Crippen molar-refractivity contribution in [1.29, 1.82) is 0 Å². The average molecular weight is 279 g/mol. The highest BCUT2D eigenvalue weighted by Crippen LogP contribution is 2.40. The monoisotopic (exact) mass is 279 g/mol. The summed E-state index contributed by atoms with van der Waals surface area (Å²) in [5, 5.41) is 0. The number of fused-ring (bicyclic) bond motifs is 2. The first-order chi connectivity index (χ1) is 9.24. The summed E-state index contributed by atoms with van der Waals surface area (Å²) in [6, 6.07) is 4.10. The molecular weight excluding hydrogens is 262 g/mol. The van der Waals surface area contributed by atoms with Crippen molar-refractivity contribution in [2.24, 2.45) is 0 Å². The van der Waals surface area contributed by atoms with Crippen molar-refractivity contribution < 1.29 is 14.3 Å². The predicted molar refractivity (Wildman–Crippen MR) is 74.3 cm³/mol. The molecule has 1 fully saturated rings. The lowest BCUT2D eigenvalue weighted by Crippen LogP contribution is -2.35. The molecule has 2 aliphatic rings. The molecule has 0 bridgehead atoms. The summed E-state index contributed by atoms with van der Waals surface area (Å²) in [6.07, 6.45) is 2.22. The van der Waals surface area contributed by atoms with E-state index in [1.807, 2.05) is 17.0 Å². The maximum atomic E-state index is 12.6. The van der Waals surface area contributed by atoms with E-state index in [1.165, 1.54) is 0 Å². The molecule has 1 aromatic carbocycles. The van der Waals surface area contributed by atoms with E-state index in [1.54, 1.807) is 26.0 Å². The van der Waals surface area contributed by atoms with Crippen LogP contribution in [0.5, 0.6) is 11.5 Å². The lowest BCUT2D eigenvalue weighted by Gasteiger charge is -2.21. The molecule has 0 N–H and O–H groups in total. The summed E-state index contributed by atoms with van der Waals surface area (Å²) in [7, 11) is 3.21. The number of methoxy groups -OCH3 is 2. The molecule has 5 heteroatoms. The summed E-state index contributed by atoms with van der Waals surface area (Å²) in [4.78, 5) is 15.6. The minimum absolute atomic E-state index is 0.128. The number of carbonyl (C=O) groups is 1. The molecule has 0 unspecified atom stereocenters. The third kappa shape index (κ3) is 2.06. The zero-order valence-electron chi connectivity index (χ0n) is 11.1. The van der Waals surface area contributed by atoms with E-state index in [-0.39, 0.29) is 5.91 Å². The fourth-order valence-corrected chi connectivity index (χ4v) is 3.97. The maximum Gasteiger partial charge on any atom is 0.255 e. The molecule has 102 valence electrons. The van der Waals surface area contributed by atoms with Crippen LogP contribution in [0.2, 0.25) is 0 Å². The summed E-state index contributed by atoms with van der Waals surface area (Å²) >= 11 is 1.74. The van der Waals surface area contributed by atoms with E-state index in [0.717, 1.165) is 35.6 Å². The highest BCUT2D eigenvalue weighted by Gasteiger charge is 2.34. The normalized spacial score (nSPS) is 21.7. The minimum atomic E-state index is 0.128. The third-order valence-corrected chi connectivity index (χ3v) is 4.99. The number of benzene rings is 1. The van der Waals surface area contributed by atoms with Crippen LogP contribution < -0.4 is 9.47 Å². The van der Waals surface area contributed by atoms with Crippen molar-refractivity contribution in [1.82, 2.24) is 4.90 Å². The van der Waals surface area contributed by atoms with Crippen LogP contribution in [0, 0.1) is 0 Å². The van der Waals surface area contributed by atoms with E-state index in [0.29, 0.717) is 17.5 Å². The van der Waals surface area contributed by atoms with E-state index in [9.17, 15) is 4.79 Å². The Labute approximate surface area is 117 Å². The van der Waals surface area contributed by atoms with Gasteiger partial charge in [-0.1, -0.05) is 0 Å². The highest BCUT2D eigenvalue weighted by molar-refractivity contribution is 7.99. The molecule has 19 heavy (non-hydrogen) atoms. The Balaban J connectivity index is 2.06. The molecule has 1 atom stereocenters. The zero-order chi connectivity index (χ0) is 13.4. The molecule has 2 aliphatic heterocycles. The van der Waals surface area contributed by atoms with Gasteiger partial charge in [0, 0.05) is 23.2 Å². The second-order valence-corrected chi connectivity index (χ2v) is 5.87. The van der Waals surface area contributed by atoms with Gasteiger partial charge >= 0.3 is 0 Å². The number of hydrogen-bond acceptors (Lipinski definition) is 4. The molecule has 0 radical (unpaired) electrons. The summed E-state index contributed by atoms with van der Waals surface area (Å²) < 4.78 is 10.6. The molecule has 1 amide bonds. The molecule has 0 aliphatic carbocycles. The SMILES string of the molecule is COc1cc2c(cc1OC)C(=O)N1CCC[C@H]1CS2. The maximum absolute atomic E-state index is 12.6. The van der Waals surface area contributed by atoms with Crippen LogP contribution in [0.3, 0.4) is 0 Å². The van der Waals surface area contributed by atoms with Crippen LogP contribution in [0.15, 0.2) is 17.0 Å². The third-order valence-electron chi connectivity index (χ3n) is 3.79. The van der Waals surface area contributed by atoms with Crippen molar-refractivity contribution in [3.05, 3.63) is 17.7 Å². The molecular formula is C14H17NO3S. The molecule has 0 aromatic heterocycles. The van der Waals surface area contributed by atoms with Crippen molar-refractivity contribution >= 4 is 17.7 Å². The number of hydrogen-bond donors (Lipinski definition) is 0. The molecule has 0 saturated carbocycles. The van der Waals surface area contributed by atoms with Crippen LogP contribution in [0.1, 0.15) is 23.2 Å². The van der Waals surface area contributed by atoms with Gasteiger partial charge in [-0.15, -0.1) is 11.8 Å².